The third kappa shape index (κ3) is 33.6. The maximum absolute atomic E-state index is 11.7. The van der Waals surface area contributed by atoms with Crippen molar-refractivity contribution in [3.05, 3.63) is 143 Å². The van der Waals surface area contributed by atoms with Gasteiger partial charge in [0, 0.05) is 0 Å². The van der Waals surface area contributed by atoms with Gasteiger partial charge in [0.1, 0.15) is 12.2 Å². The van der Waals surface area contributed by atoms with Crippen molar-refractivity contribution in [1.29, 1.82) is 0 Å². The molecular weight excluding hydrogens is 1890 g/mol. The lowest BCUT2D eigenvalue weighted by molar-refractivity contribution is -0.0604. The molecule has 0 saturated heterocycles. The van der Waals surface area contributed by atoms with E-state index in [-0.39, 0.29) is 73.0 Å². The molecule has 0 bridgehead atoms. The highest BCUT2D eigenvalue weighted by molar-refractivity contribution is 6.76. The van der Waals surface area contributed by atoms with Gasteiger partial charge >= 0.3 is 0 Å². The van der Waals surface area contributed by atoms with Gasteiger partial charge in [0.05, 0.1) is 42.7 Å². The van der Waals surface area contributed by atoms with E-state index < -0.39 is 70.4 Å². The van der Waals surface area contributed by atoms with Crippen molar-refractivity contribution >= 4 is 58.2 Å². The van der Waals surface area contributed by atoms with Gasteiger partial charge in [0.15, 0.2) is 58.2 Å². The van der Waals surface area contributed by atoms with Crippen LogP contribution in [0, 0.1) is 85.8 Å². The average molecular weight is 2130 g/mol. The number of rotatable bonds is 35. The summed E-state index contributed by atoms with van der Waals surface area (Å²) >= 11 is 0. The van der Waals surface area contributed by atoms with Crippen LogP contribution >= 0.6 is 0 Å². The van der Waals surface area contributed by atoms with Crippen molar-refractivity contribution in [3.63, 3.8) is 0 Å². The van der Waals surface area contributed by atoms with Gasteiger partial charge in [-0.2, -0.15) is 0 Å². The molecule has 145 heavy (non-hydrogen) atoms. The fourth-order valence-corrected chi connectivity index (χ4v) is 33.9. The minimum Gasteiger partial charge on any atom is -0.411 e. The largest absolute Gasteiger partial charge is 0.411 e. The lowest BCUT2D eigenvalue weighted by Gasteiger charge is -2.49. The van der Waals surface area contributed by atoms with Gasteiger partial charge in [-0.25, -0.2) is 0 Å². The van der Waals surface area contributed by atoms with E-state index in [1.165, 1.54) is 152 Å². The first kappa shape index (κ1) is 130. The summed E-state index contributed by atoms with van der Waals surface area (Å²) in [6.45, 7) is 113. The summed E-state index contributed by atoms with van der Waals surface area (Å²) < 4.78 is 49.6. The molecule has 0 aromatic carbocycles. The van der Waals surface area contributed by atoms with E-state index in [9.17, 15) is 10.2 Å². The van der Waals surface area contributed by atoms with E-state index in [1.807, 2.05) is 0 Å². The van der Waals surface area contributed by atoms with Gasteiger partial charge in [0.2, 0.25) is 0 Å². The Hall–Kier alpha value is -1.96. The first-order valence-corrected chi connectivity index (χ1v) is 80.4. The monoisotopic (exact) mass is 2130 g/mol. The van der Waals surface area contributed by atoms with Crippen LogP contribution < -0.4 is 0 Å². The van der Waals surface area contributed by atoms with Crippen LogP contribution in [0.4, 0.5) is 0 Å². The number of allylic oxidation sites excluding steroid dienone is 21. The Morgan fingerprint density at radius 3 is 0.683 bits per heavy atom. The Labute approximate surface area is 906 Å². The third-order valence-electron chi connectivity index (χ3n) is 42.6. The molecule has 16 heteroatoms. The van der Waals surface area contributed by atoms with Crippen molar-refractivity contribution in [2.45, 2.75) is 585 Å². The van der Waals surface area contributed by atoms with Crippen LogP contribution in [0.1, 0.15) is 402 Å². The molecule has 9 aliphatic rings. The van der Waals surface area contributed by atoms with Gasteiger partial charge in [-0.15, -0.1) is 0 Å². The van der Waals surface area contributed by atoms with Gasteiger partial charge in [-0.1, -0.05) is 371 Å². The predicted octanol–water partition coefficient (Wildman–Crippen LogP) is 39.6. The zero-order valence-corrected chi connectivity index (χ0v) is 111. The zero-order chi connectivity index (χ0) is 110. The predicted molar refractivity (Wildman–Crippen MR) is 652 cm³/mol. The van der Waals surface area contributed by atoms with Crippen LogP contribution in [0.15, 0.2) is 143 Å². The molecule has 0 amide bonds. The Bertz CT molecular complexity index is 4170. The minimum absolute atomic E-state index is 0.0208. The summed E-state index contributed by atoms with van der Waals surface area (Å²) in [4.78, 5) is 0. The second kappa shape index (κ2) is 50.7. The average Bonchev–Trinajstić information content (AvgIpc) is 1.61. The Morgan fingerprint density at radius 2 is 0.490 bits per heavy atom. The molecule has 9 fully saturated rings. The van der Waals surface area contributed by atoms with Crippen LogP contribution in [-0.2, 0) is 31.0 Å². The second-order valence-electron chi connectivity index (χ2n) is 60.3. The quantitative estimate of drug-likeness (QED) is 0.0474. The molecule has 9 saturated carbocycles. The van der Waals surface area contributed by atoms with E-state index >= 15 is 0 Å². The molecule has 834 valence electrons. The summed E-state index contributed by atoms with van der Waals surface area (Å²) in [5.74, 6) is 5.99. The highest BCUT2D eigenvalue weighted by Gasteiger charge is 2.57. The molecule has 2 N–H and O–H groups in total. The van der Waals surface area contributed by atoms with Crippen LogP contribution in [0.2, 0.25) is 128 Å². The molecule has 0 heterocycles. The number of hydrogen-bond acceptors (Lipinski definition) is 9. The Balaban J connectivity index is 0.000000295. The molecule has 18 atom stereocenters. The molecule has 0 spiro atoms. The van der Waals surface area contributed by atoms with Crippen molar-refractivity contribution in [2.75, 3.05) is 0 Å². The van der Waals surface area contributed by atoms with Crippen molar-refractivity contribution in [2.24, 2.45) is 85.8 Å². The third-order valence-corrected chi connectivity index (χ3v) is 70.6. The molecule has 0 radical (unpaired) electrons. The van der Waals surface area contributed by atoms with E-state index in [0.717, 1.165) is 56.3 Å². The fraction of sp³-hybridized carbons (Fsp3) is 0.814. The molecule has 9 nitrogen and oxygen atoms in total. The SMILES string of the molecule is CCC(C)(/C=C/C=C/[C@@H](C)C1CCC2/C(=C/C=C3C[C@@H](O[Si](C)(C)C(C)(C)C)C(O)[C@H](O[Si](C)(C)C(C)(C)C)C3)CCCC21C)CC.CCC(C)(/C=C/C=C/[C@@H](C)C1CCC2/C(=C/C=C3C[C@@H](O[Si](C)(C)C(C)(C)C)C(O)[C@H](O[Si](C)(C)C(C)(C)C)C3)CCCC21C)CC.CCC(C)(/C=C/C=C/[C@@H](C)C1CCC2/C(=C/C=C3C[C@@H](O[Si](C)(C)C(C)(C)C)C(O[Si](C)(C)C)[C@H](O[Si](C)(C)C(C)(C)C)C3)CCCC21C)CC. The molecule has 0 aliphatic heterocycles. The van der Waals surface area contributed by atoms with Crippen LogP contribution in [0.5, 0.6) is 0 Å². The van der Waals surface area contributed by atoms with Crippen molar-refractivity contribution in [1.82, 2.24) is 0 Å². The molecule has 0 aromatic heterocycles. The normalized spacial score (nSPS) is 31.2. The summed E-state index contributed by atoms with van der Waals surface area (Å²) in [6, 6.07) is 0. The Morgan fingerprint density at radius 1 is 0.290 bits per heavy atom. The summed E-state index contributed by atoms with van der Waals surface area (Å²) in [7, 11) is -14.3. The topological polar surface area (TPSA) is 105 Å². The fourth-order valence-electron chi connectivity index (χ4n) is 24.7. The maximum atomic E-state index is 11.7. The minimum atomic E-state index is -2.07. The number of aliphatic hydroxyl groups is 2. The number of aliphatic hydroxyl groups excluding tert-OH is 2. The summed E-state index contributed by atoms with van der Waals surface area (Å²) in [5, 5.41) is 24.1. The molecule has 9 rings (SSSR count). The molecular formula is C129H236O9Si7. The standard InChI is InChI=1S/C45H84O3Si3.2C42H76O3Si2/c1-19-44(10,20-2)30-22-21-24-34(3)37-28-29-38-36(25-23-31-45(37,38)11)27-26-35-32-39(46-50(15,16)42(4,5)6)41(48-49(12,13)14)40(33-35)47-51(17,18)43(7,8)9;2*1-16-41(10,17-2)27-19-18-21-31(3)34-25-26-35-33(22-20-28-42(34,35)11)24-23-32-29-36(44-46(12,13)39(4,5)6)38(43)37(30-32)45-47(14,15)40(7,8)9/h21-22,24,26-27,30,34,37-41H,19-20,23,25,28-29,31-33H2,1-18H3;2*18-19,21,23-24,27,31,34-38,43H,16-17,20,22,25-26,28-30H2,1-15H3/b24-21+,30-22+,35-26?,36-27+;2*21-18+,27-19+,32-23?,33-24+/t34-,37?,38?,39-,40-,41?,45?;2*31-,34?,35?,36-,37-,38?,42?/m111/s1. The highest BCUT2D eigenvalue weighted by Crippen LogP contribution is 2.64. The van der Waals surface area contributed by atoms with Crippen LogP contribution in [0.25, 0.3) is 0 Å². The van der Waals surface area contributed by atoms with Gasteiger partial charge in [-0.05, 0) is 388 Å². The van der Waals surface area contributed by atoms with E-state index in [2.05, 4.69) is 436 Å². The lowest BCUT2D eigenvalue weighted by Crippen LogP contribution is -2.58. The summed E-state index contributed by atoms with van der Waals surface area (Å²) in [5.41, 5.74) is 11.3. The first-order valence-electron chi connectivity index (χ1n) is 59.5. The molecule has 9 aliphatic carbocycles. The van der Waals surface area contributed by atoms with E-state index in [0.29, 0.717) is 68.0 Å². The molecule has 0 aromatic rings. The van der Waals surface area contributed by atoms with Gasteiger partial charge < -0.3 is 41.2 Å². The number of fused-ring (bicyclic) bond motifs is 3. The second-order valence-corrected chi connectivity index (χ2v) is 93.3. The van der Waals surface area contributed by atoms with Gasteiger partial charge in [0.25, 0.3) is 0 Å². The van der Waals surface area contributed by atoms with Gasteiger partial charge in [-0.3, -0.25) is 0 Å². The van der Waals surface area contributed by atoms with Crippen LogP contribution in [0.3, 0.4) is 0 Å². The number of hydrogen-bond donors (Lipinski definition) is 2. The smallest absolute Gasteiger partial charge is 0.192 e. The maximum Gasteiger partial charge on any atom is 0.192 e. The Kier molecular flexibility index (Phi) is 45.4. The van der Waals surface area contributed by atoms with Crippen molar-refractivity contribution < 1.29 is 41.2 Å². The van der Waals surface area contributed by atoms with E-state index in [1.54, 1.807) is 16.7 Å². The van der Waals surface area contributed by atoms with E-state index in [4.69, 9.17) is 31.0 Å². The zero-order valence-electron chi connectivity index (χ0n) is 104. The highest BCUT2D eigenvalue weighted by atomic mass is 28.4. The summed E-state index contributed by atoms with van der Waals surface area (Å²) in [6.07, 6.45) is 73.3. The first-order chi connectivity index (χ1) is 66.2. The van der Waals surface area contributed by atoms with Crippen LogP contribution in [-0.4, -0.2) is 123 Å². The molecule has 9 unspecified atom stereocenters. The lowest BCUT2D eigenvalue weighted by atomic mass is 9.61. The van der Waals surface area contributed by atoms with Crippen molar-refractivity contribution in [3.8, 4) is 0 Å².